The molecule has 1 heterocycles. The number of anilines is 1. The van der Waals surface area contributed by atoms with Gasteiger partial charge in [0, 0.05) is 13.1 Å². The van der Waals surface area contributed by atoms with Crippen molar-refractivity contribution in [1.29, 1.82) is 0 Å². The third kappa shape index (κ3) is 2.28. The maximum absolute atomic E-state index is 14.1. The van der Waals surface area contributed by atoms with E-state index in [4.69, 9.17) is 0 Å². The van der Waals surface area contributed by atoms with Gasteiger partial charge in [-0.15, -0.1) is 0 Å². The predicted molar refractivity (Wildman–Crippen MR) is 75.7 cm³/mol. The minimum Gasteiger partial charge on any atom is -0.478 e. The van der Waals surface area contributed by atoms with Gasteiger partial charge in [0.25, 0.3) is 0 Å². The second kappa shape index (κ2) is 5.08. The van der Waals surface area contributed by atoms with E-state index >= 15 is 0 Å². The lowest BCUT2D eigenvalue weighted by Gasteiger charge is -2.40. The van der Waals surface area contributed by atoms with Crippen molar-refractivity contribution in [2.45, 2.75) is 38.5 Å². The van der Waals surface area contributed by atoms with Crippen LogP contribution in [0, 0.1) is 11.2 Å². The predicted octanol–water partition coefficient (Wildman–Crippen LogP) is 3.68. The Morgan fingerprint density at radius 1 is 1.15 bits per heavy atom. The SMILES string of the molecule is O=C(O)c1cccc(F)c1N1CCC2(CCCC2)CC1. The van der Waals surface area contributed by atoms with Gasteiger partial charge in [0.05, 0.1) is 11.3 Å². The highest BCUT2D eigenvalue weighted by Crippen LogP contribution is 2.47. The number of piperidine rings is 1. The number of carboxylic acid groups (broad SMARTS) is 1. The van der Waals surface area contributed by atoms with E-state index < -0.39 is 11.8 Å². The van der Waals surface area contributed by atoms with E-state index in [1.807, 2.05) is 4.90 Å². The molecule has 1 aromatic carbocycles. The number of hydrogen-bond donors (Lipinski definition) is 1. The third-order valence-corrected chi connectivity index (χ3v) is 5.02. The van der Waals surface area contributed by atoms with Crippen LogP contribution in [-0.2, 0) is 0 Å². The lowest BCUT2D eigenvalue weighted by molar-refractivity contribution is 0.0697. The van der Waals surface area contributed by atoms with Gasteiger partial charge in [-0.3, -0.25) is 0 Å². The van der Waals surface area contributed by atoms with Gasteiger partial charge in [0.1, 0.15) is 5.82 Å². The van der Waals surface area contributed by atoms with Gasteiger partial charge >= 0.3 is 5.97 Å². The van der Waals surface area contributed by atoms with Crippen LogP contribution in [0.5, 0.6) is 0 Å². The van der Waals surface area contributed by atoms with Crippen LogP contribution in [0.25, 0.3) is 0 Å². The van der Waals surface area contributed by atoms with E-state index in [0.29, 0.717) is 5.41 Å². The molecule has 3 nitrogen and oxygen atoms in total. The average molecular weight is 277 g/mol. The van der Waals surface area contributed by atoms with Crippen LogP contribution in [0.3, 0.4) is 0 Å². The molecular formula is C16H20FNO2. The largest absolute Gasteiger partial charge is 0.478 e. The van der Waals surface area contributed by atoms with E-state index in [1.54, 1.807) is 0 Å². The fraction of sp³-hybridized carbons (Fsp3) is 0.562. The van der Waals surface area contributed by atoms with Crippen molar-refractivity contribution in [3.63, 3.8) is 0 Å². The summed E-state index contributed by atoms with van der Waals surface area (Å²) in [6.45, 7) is 1.53. The third-order valence-electron chi connectivity index (χ3n) is 5.02. The Balaban J connectivity index is 1.83. The zero-order chi connectivity index (χ0) is 14.2. The number of para-hydroxylation sites is 1. The van der Waals surface area contributed by atoms with E-state index in [0.717, 1.165) is 25.9 Å². The standard InChI is InChI=1S/C16H20FNO2/c17-13-5-3-4-12(15(19)20)14(13)18-10-8-16(9-11-18)6-1-2-7-16/h3-5H,1-2,6-11H2,(H,19,20). The first-order chi connectivity index (χ1) is 9.61. The number of nitrogens with zero attached hydrogens (tertiary/aromatic N) is 1. The highest BCUT2D eigenvalue weighted by Gasteiger charge is 2.37. The van der Waals surface area contributed by atoms with Crippen LogP contribution < -0.4 is 4.90 Å². The molecule has 0 aromatic heterocycles. The first kappa shape index (κ1) is 13.4. The molecule has 2 fully saturated rings. The van der Waals surface area contributed by atoms with Gasteiger partial charge in [-0.2, -0.15) is 0 Å². The second-order valence-electron chi connectivity index (χ2n) is 6.14. The Morgan fingerprint density at radius 3 is 2.40 bits per heavy atom. The molecule has 0 atom stereocenters. The van der Waals surface area contributed by atoms with Crippen molar-refractivity contribution in [2.24, 2.45) is 5.41 Å². The fourth-order valence-electron chi connectivity index (χ4n) is 3.84. The van der Waals surface area contributed by atoms with E-state index in [1.165, 1.54) is 43.9 Å². The number of carbonyl (C=O) groups is 1. The summed E-state index contributed by atoms with van der Waals surface area (Å²) in [7, 11) is 0. The first-order valence-corrected chi connectivity index (χ1v) is 7.38. The lowest BCUT2D eigenvalue weighted by Crippen LogP contribution is -2.40. The Kier molecular flexibility index (Phi) is 3.40. The number of rotatable bonds is 2. The molecule has 108 valence electrons. The summed E-state index contributed by atoms with van der Waals surface area (Å²) >= 11 is 0. The molecule has 1 spiro atoms. The first-order valence-electron chi connectivity index (χ1n) is 7.38. The molecule has 3 rings (SSSR count). The van der Waals surface area contributed by atoms with Crippen LogP contribution in [0.4, 0.5) is 10.1 Å². The Bertz CT molecular complexity index is 513. The van der Waals surface area contributed by atoms with Crippen molar-refractivity contribution in [3.05, 3.63) is 29.6 Å². The summed E-state index contributed by atoms with van der Waals surface area (Å²) in [6, 6.07) is 4.30. The van der Waals surface area contributed by atoms with Crippen molar-refractivity contribution in [2.75, 3.05) is 18.0 Å². The molecule has 1 N–H and O–H groups in total. The van der Waals surface area contributed by atoms with Gasteiger partial charge in [-0.05, 0) is 43.2 Å². The van der Waals surface area contributed by atoms with Gasteiger partial charge in [0.2, 0.25) is 0 Å². The highest BCUT2D eigenvalue weighted by atomic mass is 19.1. The van der Waals surface area contributed by atoms with E-state index in [-0.39, 0.29) is 11.3 Å². The van der Waals surface area contributed by atoms with Gasteiger partial charge in [-0.25, -0.2) is 9.18 Å². The molecule has 1 aliphatic heterocycles. The molecular weight excluding hydrogens is 257 g/mol. The quantitative estimate of drug-likeness (QED) is 0.896. The van der Waals surface area contributed by atoms with Gasteiger partial charge in [0.15, 0.2) is 0 Å². The molecule has 0 radical (unpaired) electrons. The number of halogens is 1. The highest BCUT2D eigenvalue weighted by molar-refractivity contribution is 5.94. The maximum atomic E-state index is 14.1. The van der Waals surface area contributed by atoms with E-state index in [2.05, 4.69) is 0 Å². The van der Waals surface area contributed by atoms with Crippen LogP contribution in [0.1, 0.15) is 48.9 Å². The number of carboxylic acids is 1. The average Bonchev–Trinajstić information content (AvgIpc) is 2.88. The van der Waals surface area contributed by atoms with Crippen molar-refractivity contribution < 1.29 is 14.3 Å². The topological polar surface area (TPSA) is 40.5 Å². The van der Waals surface area contributed by atoms with Gasteiger partial charge < -0.3 is 10.0 Å². The monoisotopic (exact) mass is 277 g/mol. The Morgan fingerprint density at radius 2 is 1.80 bits per heavy atom. The maximum Gasteiger partial charge on any atom is 0.337 e. The van der Waals surface area contributed by atoms with Crippen LogP contribution in [-0.4, -0.2) is 24.2 Å². The Hall–Kier alpha value is -1.58. The van der Waals surface area contributed by atoms with Crippen molar-refractivity contribution in [1.82, 2.24) is 0 Å². The van der Waals surface area contributed by atoms with Crippen LogP contribution in [0.2, 0.25) is 0 Å². The molecule has 0 amide bonds. The van der Waals surface area contributed by atoms with Crippen LogP contribution >= 0.6 is 0 Å². The normalized spacial score (nSPS) is 21.4. The number of aromatic carboxylic acids is 1. The molecule has 1 saturated heterocycles. The zero-order valence-corrected chi connectivity index (χ0v) is 11.6. The molecule has 0 unspecified atom stereocenters. The second-order valence-corrected chi connectivity index (χ2v) is 6.14. The Labute approximate surface area is 118 Å². The minimum absolute atomic E-state index is 0.0763. The molecule has 0 bridgehead atoms. The summed E-state index contributed by atoms with van der Waals surface area (Å²) in [4.78, 5) is 13.2. The summed E-state index contributed by atoms with van der Waals surface area (Å²) in [5, 5.41) is 9.23. The number of benzene rings is 1. The van der Waals surface area contributed by atoms with Crippen molar-refractivity contribution in [3.8, 4) is 0 Å². The summed E-state index contributed by atoms with van der Waals surface area (Å²) in [5.74, 6) is -1.48. The zero-order valence-electron chi connectivity index (χ0n) is 11.6. The molecule has 4 heteroatoms. The van der Waals surface area contributed by atoms with Gasteiger partial charge in [-0.1, -0.05) is 18.9 Å². The molecule has 2 aliphatic rings. The smallest absolute Gasteiger partial charge is 0.337 e. The molecule has 1 aliphatic carbocycles. The van der Waals surface area contributed by atoms with E-state index in [9.17, 15) is 14.3 Å². The molecule has 20 heavy (non-hydrogen) atoms. The number of hydrogen-bond acceptors (Lipinski definition) is 2. The van der Waals surface area contributed by atoms with Crippen LogP contribution in [0.15, 0.2) is 18.2 Å². The summed E-state index contributed by atoms with van der Waals surface area (Å²) < 4.78 is 14.1. The summed E-state index contributed by atoms with van der Waals surface area (Å²) in [6.07, 6.45) is 7.29. The lowest BCUT2D eigenvalue weighted by atomic mass is 9.77. The van der Waals surface area contributed by atoms with Crippen molar-refractivity contribution >= 4 is 11.7 Å². The molecule has 1 aromatic rings. The minimum atomic E-state index is -1.05. The molecule has 1 saturated carbocycles. The summed E-state index contributed by atoms with van der Waals surface area (Å²) in [5.41, 5.74) is 0.797. The fourth-order valence-corrected chi connectivity index (χ4v) is 3.84.